The van der Waals surface area contributed by atoms with E-state index in [0.717, 1.165) is 11.1 Å². The Balaban J connectivity index is 3.09. The lowest BCUT2D eigenvalue weighted by Gasteiger charge is -2.08. The number of halogens is 1. The van der Waals surface area contributed by atoms with E-state index in [4.69, 9.17) is 16.3 Å². The van der Waals surface area contributed by atoms with Crippen molar-refractivity contribution in [2.75, 3.05) is 7.11 Å². The van der Waals surface area contributed by atoms with Crippen molar-refractivity contribution in [2.24, 2.45) is 0 Å². The number of aryl methyl sites for hydroxylation is 1. The zero-order chi connectivity index (χ0) is 10.7. The highest BCUT2D eigenvalue weighted by Crippen LogP contribution is 2.29. The topological polar surface area (TPSA) is 26.3 Å². The number of benzene rings is 1. The molecule has 0 spiro atoms. The maximum absolute atomic E-state index is 10.9. The average Bonchev–Trinajstić information content (AvgIpc) is 2.10. The van der Waals surface area contributed by atoms with Crippen LogP contribution < -0.4 is 4.74 Å². The SMILES string of the molecule is COc1cc(CC(C)=O)cc(C)c1Cl. The van der Waals surface area contributed by atoms with Gasteiger partial charge in [0.05, 0.1) is 12.1 Å². The lowest BCUT2D eigenvalue weighted by molar-refractivity contribution is -0.116. The highest BCUT2D eigenvalue weighted by molar-refractivity contribution is 6.32. The number of carbonyl (C=O) groups excluding carboxylic acids is 1. The summed E-state index contributed by atoms with van der Waals surface area (Å²) >= 11 is 5.99. The third-order valence-electron chi connectivity index (χ3n) is 1.95. The molecule has 0 N–H and O–H groups in total. The van der Waals surface area contributed by atoms with Crippen LogP contribution in [0.1, 0.15) is 18.1 Å². The summed E-state index contributed by atoms with van der Waals surface area (Å²) in [6, 6.07) is 3.71. The van der Waals surface area contributed by atoms with Crippen LogP contribution >= 0.6 is 11.6 Å². The Morgan fingerprint density at radius 3 is 2.64 bits per heavy atom. The number of methoxy groups -OCH3 is 1. The molecule has 3 heteroatoms. The fourth-order valence-electron chi connectivity index (χ4n) is 1.35. The number of Topliss-reactive ketones (excluding diaryl/α,β-unsaturated/α-hetero) is 1. The molecule has 0 atom stereocenters. The molecule has 0 unspecified atom stereocenters. The van der Waals surface area contributed by atoms with E-state index >= 15 is 0 Å². The molecular weight excluding hydrogens is 200 g/mol. The van der Waals surface area contributed by atoms with Crippen LogP contribution in [-0.4, -0.2) is 12.9 Å². The lowest BCUT2D eigenvalue weighted by Crippen LogP contribution is -1.98. The minimum atomic E-state index is 0.133. The third-order valence-corrected chi connectivity index (χ3v) is 2.44. The van der Waals surface area contributed by atoms with Gasteiger partial charge in [-0.3, -0.25) is 4.79 Å². The molecule has 0 amide bonds. The van der Waals surface area contributed by atoms with Gasteiger partial charge in [-0.25, -0.2) is 0 Å². The number of carbonyl (C=O) groups is 1. The molecule has 0 saturated heterocycles. The van der Waals surface area contributed by atoms with E-state index in [0.29, 0.717) is 17.2 Å². The molecule has 0 aliphatic heterocycles. The van der Waals surface area contributed by atoms with E-state index in [9.17, 15) is 4.79 Å². The van der Waals surface area contributed by atoms with Gasteiger partial charge in [0.15, 0.2) is 0 Å². The predicted octanol–water partition coefficient (Wildman–Crippen LogP) is 2.79. The van der Waals surface area contributed by atoms with E-state index in [1.54, 1.807) is 20.1 Å². The van der Waals surface area contributed by atoms with E-state index in [2.05, 4.69) is 0 Å². The molecule has 1 rings (SSSR count). The second-order valence-electron chi connectivity index (χ2n) is 3.31. The van der Waals surface area contributed by atoms with Gasteiger partial charge < -0.3 is 4.74 Å². The first-order valence-corrected chi connectivity index (χ1v) is 4.75. The summed E-state index contributed by atoms with van der Waals surface area (Å²) in [6.07, 6.45) is 0.425. The van der Waals surface area contributed by atoms with Crippen molar-refractivity contribution in [3.8, 4) is 5.75 Å². The van der Waals surface area contributed by atoms with Gasteiger partial charge in [-0.05, 0) is 31.0 Å². The fourth-order valence-corrected chi connectivity index (χ4v) is 1.53. The summed E-state index contributed by atoms with van der Waals surface area (Å²) < 4.78 is 5.10. The molecule has 14 heavy (non-hydrogen) atoms. The highest BCUT2D eigenvalue weighted by Gasteiger charge is 2.07. The normalized spacial score (nSPS) is 10.0. The van der Waals surface area contributed by atoms with Gasteiger partial charge in [-0.15, -0.1) is 0 Å². The number of hydrogen-bond donors (Lipinski definition) is 0. The molecule has 76 valence electrons. The molecule has 2 nitrogen and oxygen atoms in total. The summed E-state index contributed by atoms with van der Waals surface area (Å²) in [6.45, 7) is 3.46. The lowest BCUT2D eigenvalue weighted by atomic mass is 10.1. The molecular formula is C11H13ClO2. The average molecular weight is 213 g/mol. The summed E-state index contributed by atoms with van der Waals surface area (Å²) in [7, 11) is 1.57. The molecule has 0 heterocycles. The third kappa shape index (κ3) is 2.48. The maximum atomic E-state index is 10.9. The summed E-state index contributed by atoms with van der Waals surface area (Å²) in [5.41, 5.74) is 1.87. The molecule has 0 aliphatic carbocycles. The van der Waals surface area contributed by atoms with E-state index in [1.807, 2.05) is 13.0 Å². The van der Waals surface area contributed by atoms with E-state index < -0.39 is 0 Å². The Kier molecular flexibility index (Phi) is 3.53. The Labute approximate surface area is 88.8 Å². The van der Waals surface area contributed by atoms with Crippen LogP contribution in [0.15, 0.2) is 12.1 Å². The summed E-state index contributed by atoms with van der Waals surface area (Å²) in [4.78, 5) is 10.9. The van der Waals surface area contributed by atoms with Gasteiger partial charge in [-0.2, -0.15) is 0 Å². The van der Waals surface area contributed by atoms with Crippen molar-refractivity contribution < 1.29 is 9.53 Å². The molecule has 1 aromatic rings. The first kappa shape index (κ1) is 11.1. The molecule has 0 saturated carbocycles. The molecule has 0 fully saturated rings. The van der Waals surface area contributed by atoms with Crippen molar-refractivity contribution in [3.05, 3.63) is 28.3 Å². The van der Waals surface area contributed by atoms with Crippen molar-refractivity contribution in [1.82, 2.24) is 0 Å². The zero-order valence-corrected chi connectivity index (χ0v) is 9.31. The smallest absolute Gasteiger partial charge is 0.138 e. The second kappa shape index (κ2) is 4.47. The molecule has 0 bridgehead atoms. The number of hydrogen-bond acceptors (Lipinski definition) is 2. The van der Waals surface area contributed by atoms with Gasteiger partial charge in [0.1, 0.15) is 11.5 Å². The summed E-state index contributed by atoms with van der Waals surface area (Å²) in [5, 5.41) is 0.611. The van der Waals surface area contributed by atoms with Crippen molar-refractivity contribution in [2.45, 2.75) is 20.3 Å². The van der Waals surface area contributed by atoms with Gasteiger partial charge in [0.2, 0.25) is 0 Å². The monoisotopic (exact) mass is 212 g/mol. The van der Waals surface area contributed by atoms with Gasteiger partial charge in [-0.1, -0.05) is 17.7 Å². The summed E-state index contributed by atoms with van der Waals surface area (Å²) in [5.74, 6) is 0.761. The fraction of sp³-hybridized carbons (Fsp3) is 0.364. The largest absolute Gasteiger partial charge is 0.495 e. The minimum absolute atomic E-state index is 0.133. The van der Waals surface area contributed by atoms with Crippen molar-refractivity contribution in [3.63, 3.8) is 0 Å². The van der Waals surface area contributed by atoms with Crippen LogP contribution in [0.4, 0.5) is 0 Å². The van der Waals surface area contributed by atoms with Crippen LogP contribution in [0.25, 0.3) is 0 Å². The Hall–Kier alpha value is -1.02. The highest BCUT2D eigenvalue weighted by atomic mass is 35.5. The number of rotatable bonds is 3. The first-order chi connectivity index (χ1) is 6.54. The molecule has 0 aromatic heterocycles. The Morgan fingerprint density at radius 2 is 2.14 bits per heavy atom. The Morgan fingerprint density at radius 1 is 1.50 bits per heavy atom. The van der Waals surface area contributed by atoms with Gasteiger partial charge in [0.25, 0.3) is 0 Å². The number of ether oxygens (including phenoxy) is 1. The van der Waals surface area contributed by atoms with Gasteiger partial charge in [0, 0.05) is 6.42 Å². The van der Waals surface area contributed by atoms with Crippen LogP contribution in [0.3, 0.4) is 0 Å². The first-order valence-electron chi connectivity index (χ1n) is 4.37. The van der Waals surface area contributed by atoms with Crippen LogP contribution in [0.5, 0.6) is 5.75 Å². The molecule has 0 radical (unpaired) electrons. The predicted molar refractivity (Wildman–Crippen MR) is 57.1 cm³/mol. The van der Waals surface area contributed by atoms with E-state index in [-0.39, 0.29) is 5.78 Å². The van der Waals surface area contributed by atoms with Crippen LogP contribution in [0, 0.1) is 6.92 Å². The number of ketones is 1. The second-order valence-corrected chi connectivity index (χ2v) is 3.69. The molecule has 1 aromatic carbocycles. The minimum Gasteiger partial charge on any atom is -0.495 e. The zero-order valence-electron chi connectivity index (χ0n) is 8.56. The van der Waals surface area contributed by atoms with Crippen LogP contribution in [-0.2, 0) is 11.2 Å². The quantitative estimate of drug-likeness (QED) is 0.770. The van der Waals surface area contributed by atoms with Crippen molar-refractivity contribution >= 4 is 17.4 Å². The van der Waals surface area contributed by atoms with Crippen molar-refractivity contribution in [1.29, 1.82) is 0 Å². The van der Waals surface area contributed by atoms with Crippen LogP contribution in [0.2, 0.25) is 5.02 Å². The van der Waals surface area contributed by atoms with E-state index in [1.165, 1.54) is 0 Å². The standard InChI is InChI=1S/C11H13ClO2/c1-7-4-9(5-8(2)13)6-10(14-3)11(7)12/h4,6H,5H2,1-3H3. The molecule has 0 aliphatic rings. The maximum Gasteiger partial charge on any atom is 0.138 e. The van der Waals surface area contributed by atoms with Gasteiger partial charge >= 0.3 is 0 Å². The Bertz CT molecular complexity index is 359.